The molecule has 0 spiro atoms. The molecule has 0 aliphatic rings. The third-order valence-electron chi connectivity index (χ3n) is 4.84. The van der Waals surface area contributed by atoms with Crippen LogP contribution in [0.25, 0.3) is 0 Å². The number of esters is 3. The summed E-state index contributed by atoms with van der Waals surface area (Å²) in [6.07, 6.45) is 4.03. The van der Waals surface area contributed by atoms with E-state index in [1.807, 2.05) is 13.8 Å². The number of hydrogen-bond acceptors (Lipinski definition) is 9. The van der Waals surface area contributed by atoms with E-state index in [4.69, 9.17) is 23.7 Å². The van der Waals surface area contributed by atoms with Crippen LogP contribution in [0.1, 0.15) is 26.7 Å². The van der Waals surface area contributed by atoms with E-state index in [0.717, 1.165) is 18.2 Å². The molecule has 0 heterocycles. The van der Waals surface area contributed by atoms with Gasteiger partial charge in [0.05, 0.1) is 24.0 Å². The average Bonchev–Trinajstić information content (AvgIpc) is 2.81. The Bertz CT molecular complexity index is 617. The van der Waals surface area contributed by atoms with Crippen LogP contribution in [0.2, 0.25) is 0 Å². The fourth-order valence-corrected chi connectivity index (χ4v) is 2.41. The fourth-order valence-electron chi connectivity index (χ4n) is 2.41. The van der Waals surface area contributed by atoms with Crippen LogP contribution in [-0.2, 0) is 42.9 Å². The topological polar surface area (TPSA) is 114 Å². The number of carbonyl (C=O) groups is 4. The molecule has 0 rings (SSSR count). The summed E-state index contributed by atoms with van der Waals surface area (Å²) >= 11 is 0. The molecule has 9 nitrogen and oxygen atoms in total. The molecular formula is C22H32O9. The Morgan fingerprint density at radius 1 is 0.677 bits per heavy atom. The zero-order valence-corrected chi connectivity index (χ0v) is 18.3. The summed E-state index contributed by atoms with van der Waals surface area (Å²) < 4.78 is 26.3. The first-order valence-corrected chi connectivity index (χ1v) is 9.76. The van der Waals surface area contributed by atoms with Crippen molar-refractivity contribution in [2.24, 2.45) is 10.8 Å². The van der Waals surface area contributed by atoms with E-state index in [-0.39, 0.29) is 39.6 Å². The molecule has 0 N–H and O–H groups in total. The second-order valence-electron chi connectivity index (χ2n) is 7.04. The Balaban J connectivity index is 5.36. The molecule has 0 fully saturated rings. The zero-order valence-electron chi connectivity index (χ0n) is 18.3. The molecule has 0 aromatic heterocycles. The van der Waals surface area contributed by atoms with Crippen LogP contribution in [0, 0.1) is 10.8 Å². The molecule has 0 aromatic carbocycles. The van der Waals surface area contributed by atoms with E-state index < -0.39 is 28.7 Å². The molecule has 0 amide bonds. The second kappa shape index (κ2) is 15.0. The highest BCUT2D eigenvalue weighted by Gasteiger charge is 2.36. The highest BCUT2D eigenvalue weighted by atomic mass is 16.6. The third kappa shape index (κ3) is 10.6. The fraction of sp³-hybridized carbons (Fsp3) is 0.545. The third-order valence-corrected chi connectivity index (χ3v) is 4.84. The number of ether oxygens (including phenoxy) is 5. The second-order valence-corrected chi connectivity index (χ2v) is 7.04. The van der Waals surface area contributed by atoms with Crippen LogP contribution in [-0.4, -0.2) is 64.0 Å². The van der Waals surface area contributed by atoms with E-state index in [9.17, 15) is 19.2 Å². The molecule has 174 valence electrons. The first kappa shape index (κ1) is 28.1. The Kier molecular flexibility index (Phi) is 13.5. The quantitative estimate of drug-likeness (QED) is 0.137. The summed E-state index contributed by atoms with van der Waals surface area (Å²) in [6, 6.07) is 0. The van der Waals surface area contributed by atoms with Crippen molar-refractivity contribution in [2.75, 3.05) is 39.6 Å². The number of hydrogen-bond donors (Lipinski definition) is 0. The van der Waals surface area contributed by atoms with Crippen LogP contribution in [0.15, 0.2) is 38.0 Å². The maximum Gasteiger partial charge on any atom is 0.330 e. The van der Waals surface area contributed by atoms with Gasteiger partial charge in [-0.2, -0.15) is 0 Å². The molecule has 9 heteroatoms. The molecule has 0 aliphatic heterocycles. The van der Waals surface area contributed by atoms with Crippen molar-refractivity contribution in [3.63, 3.8) is 0 Å². The van der Waals surface area contributed by atoms with Crippen molar-refractivity contribution in [3.05, 3.63) is 38.0 Å². The predicted molar refractivity (Wildman–Crippen MR) is 112 cm³/mol. The predicted octanol–water partition coefficient (Wildman–Crippen LogP) is 2.16. The van der Waals surface area contributed by atoms with E-state index in [1.165, 1.54) is 0 Å². The minimum absolute atomic E-state index is 0.0343. The smallest absolute Gasteiger partial charge is 0.330 e. The van der Waals surface area contributed by atoms with Gasteiger partial charge in [0.1, 0.15) is 26.4 Å². The van der Waals surface area contributed by atoms with Gasteiger partial charge in [0, 0.05) is 18.2 Å². The van der Waals surface area contributed by atoms with Gasteiger partial charge in [-0.05, 0) is 12.8 Å². The molecule has 1 unspecified atom stereocenters. The van der Waals surface area contributed by atoms with Gasteiger partial charge < -0.3 is 23.7 Å². The van der Waals surface area contributed by atoms with Crippen LogP contribution in [0.3, 0.4) is 0 Å². The monoisotopic (exact) mass is 440 g/mol. The van der Waals surface area contributed by atoms with Crippen LogP contribution in [0.4, 0.5) is 0 Å². The maximum absolute atomic E-state index is 11.5. The van der Waals surface area contributed by atoms with Crippen molar-refractivity contribution < 1.29 is 42.9 Å². The van der Waals surface area contributed by atoms with Crippen LogP contribution >= 0.6 is 0 Å². The molecular weight excluding hydrogens is 408 g/mol. The summed E-state index contributed by atoms with van der Waals surface area (Å²) in [7, 11) is 0. The first-order chi connectivity index (χ1) is 14.8. The normalized spacial score (nSPS) is 12.6. The van der Waals surface area contributed by atoms with Crippen LogP contribution < -0.4 is 0 Å². The maximum atomic E-state index is 11.5. The lowest BCUT2D eigenvalue weighted by Gasteiger charge is -2.35. The van der Waals surface area contributed by atoms with Gasteiger partial charge >= 0.3 is 17.9 Å². The van der Waals surface area contributed by atoms with E-state index >= 15 is 0 Å². The van der Waals surface area contributed by atoms with Crippen molar-refractivity contribution in [3.8, 4) is 0 Å². The van der Waals surface area contributed by atoms with Gasteiger partial charge in [0.25, 0.3) is 6.47 Å². The lowest BCUT2D eigenvalue weighted by molar-refractivity contribution is -0.156. The van der Waals surface area contributed by atoms with Gasteiger partial charge in [0.2, 0.25) is 0 Å². The first-order valence-electron chi connectivity index (χ1n) is 9.76. The summed E-state index contributed by atoms with van der Waals surface area (Å²) in [5, 5.41) is 0. The summed E-state index contributed by atoms with van der Waals surface area (Å²) in [6.45, 7) is 13.9. The summed E-state index contributed by atoms with van der Waals surface area (Å²) in [5.74, 6) is -1.85. The Morgan fingerprint density at radius 2 is 1.03 bits per heavy atom. The Morgan fingerprint density at radius 3 is 1.32 bits per heavy atom. The molecule has 0 radical (unpaired) electrons. The van der Waals surface area contributed by atoms with Crippen LogP contribution in [0.5, 0.6) is 0 Å². The number of rotatable bonds is 18. The van der Waals surface area contributed by atoms with Crippen molar-refractivity contribution in [1.82, 2.24) is 0 Å². The molecule has 31 heavy (non-hydrogen) atoms. The van der Waals surface area contributed by atoms with Gasteiger partial charge in [-0.1, -0.05) is 33.6 Å². The standard InChI is InChI=1S/C22H32O9/c1-6-18(24)29-14-21(9-4,13-28-17-23)11-27-12-22(10-5,15-30-19(25)7-2)16-31-20(26)8-3/h6-8,17H,1-3,9-16H2,4-5H3. The molecule has 0 bridgehead atoms. The lowest BCUT2D eigenvalue weighted by atomic mass is 9.86. The average molecular weight is 440 g/mol. The molecule has 1 atom stereocenters. The van der Waals surface area contributed by atoms with Gasteiger partial charge in [0.15, 0.2) is 0 Å². The minimum atomic E-state index is -0.833. The van der Waals surface area contributed by atoms with Gasteiger partial charge in [-0.15, -0.1) is 0 Å². The van der Waals surface area contributed by atoms with Gasteiger partial charge in [-0.25, -0.2) is 14.4 Å². The van der Waals surface area contributed by atoms with Crippen molar-refractivity contribution in [2.45, 2.75) is 26.7 Å². The summed E-state index contributed by atoms with van der Waals surface area (Å²) in [4.78, 5) is 45.2. The van der Waals surface area contributed by atoms with E-state index in [2.05, 4.69) is 19.7 Å². The summed E-state index contributed by atoms with van der Waals surface area (Å²) in [5.41, 5.74) is -1.63. The number of carbonyl (C=O) groups excluding carboxylic acids is 4. The highest BCUT2D eigenvalue weighted by Crippen LogP contribution is 2.28. The Labute approximate surface area is 183 Å². The largest absolute Gasteiger partial charge is 0.467 e. The van der Waals surface area contributed by atoms with Gasteiger partial charge in [-0.3, -0.25) is 4.79 Å². The minimum Gasteiger partial charge on any atom is -0.467 e. The van der Waals surface area contributed by atoms with E-state index in [1.54, 1.807) is 0 Å². The van der Waals surface area contributed by atoms with E-state index in [0.29, 0.717) is 19.3 Å². The Hall–Kier alpha value is -2.94. The molecule has 0 aliphatic carbocycles. The lowest BCUT2D eigenvalue weighted by Crippen LogP contribution is -2.42. The molecule has 0 saturated heterocycles. The molecule has 0 saturated carbocycles. The highest BCUT2D eigenvalue weighted by molar-refractivity contribution is 5.82. The van der Waals surface area contributed by atoms with Crippen molar-refractivity contribution >= 4 is 24.4 Å². The SMILES string of the molecule is C=CC(=O)OCC(CC)(COC=O)COCC(CC)(COC(=O)C=C)COC(=O)C=C. The molecule has 0 aromatic rings. The van der Waals surface area contributed by atoms with Crippen molar-refractivity contribution in [1.29, 1.82) is 0 Å². The zero-order chi connectivity index (χ0) is 23.8.